The van der Waals surface area contributed by atoms with Gasteiger partial charge >= 0.3 is 18.3 Å². The number of carbonyl (C=O) groups is 2. The van der Waals surface area contributed by atoms with Crippen molar-refractivity contribution >= 4 is 11.7 Å². The lowest BCUT2D eigenvalue weighted by Crippen LogP contribution is -2.55. The first-order valence-corrected chi connectivity index (χ1v) is 12.4. The summed E-state index contributed by atoms with van der Waals surface area (Å²) in [6, 6.07) is 0. The topological polar surface area (TPSA) is 37.4 Å². The minimum atomic E-state index is -6.07. The van der Waals surface area contributed by atoms with Gasteiger partial charge in [0.05, 0.1) is 6.54 Å². The molecule has 4 rings (SSSR count). The van der Waals surface area contributed by atoms with Crippen LogP contribution in [0.4, 0.5) is 35.1 Å². The van der Waals surface area contributed by atoms with Crippen LogP contribution in [0.2, 0.25) is 0 Å². The van der Waals surface area contributed by atoms with Crippen molar-refractivity contribution < 1.29 is 44.7 Å². The summed E-state index contributed by atoms with van der Waals surface area (Å²) in [5.74, 6) is -7.32. The molecule has 0 saturated heterocycles. The van der Waals surface area contributed by atoms with E-state index in [-0.39, 0.29) is 40.3 Å². The molecule has 0 spiro atoms. The minimum absolute atomic E-state index is 0.0444. The Labute approximate surface area is 204 Å². The Bertz CT molecular complexity index is 941. The van der Waals surface area contributed by atoms with E-state index in [0.717, 1.165) is 18.4 Å². The van der Waals surface area contributed by atoms with Gasteiger partial charge in [-0.2, -0.15) is 35.1 Å². The molecule has 204 valence electrons. The van der Waals surface area contributed by atoms with Crippen molar-refractivity contribution in [3.63, 3.8) is 0 Å². The maximum absolute atomic E-state index is 13.8. The van der Waals surface area contributed by atoms with Gasteiger partial charge in [-0.1, -0.05) is 19.4 Å². The van der Waals surface area contributed by atoms with Crippen LogP contribution < -0.4 is 0 Å². The van der Waals surface area contributed by atoms with E-state index in [1.807, 2.05) is 0 Å². The summed E-state index contributed by atoms with van der Waals surface area (Å²) in [5, 5.41) is 0. The predicted molar refractivity (Wildman–Crippen MR) is 114 cm³/mol. The maximum atomic E-state index is 13.8. The number of alkyl halides is 8. The molecule has 0 radical (unpaired) electrons. The van der Waals surface area contributed by atoms with Gasteiger partial charge in [-0.25, -0.2) is 0 Å². The summed E-state index contributed by atoms with van der Waals surface area (Å²) in [6.45, 7) is -0.568. The fraction of sp³-hybridized carbons (Fsp3) is 0.840. The second kappa shape index (κ2) is 8.68. The zero-order chi connectivity index (χ0) is 26.9. The van der Waals surface area contributed by atoms with Crippen molar-refractivity contribution in [2.75, 3.05) is 13.1 Å². The average Bonchev–Trinajstić information content (AvgIpc) is 3.08. The van der Waals surface area contributed by atoms with Crippen LogP contribution in [-0.4, -0.2) is 48.0 Å². The lowest BCUT2D eigenvalue weighted by Gasteiger charge is -2.58. The van der Waals surface area contributed by atoms with Gasteiger partial charge in [0.2, 0.25) is 5.91 Å². The van der Waals surface area contributed by atoms with Crippen molar-refractivity contribution in [1.29, 1.82) is 0 Å². The van der Waals surface area contributed by atoms with E-state index in [1.54, 1.807) is 13.0 Å². The van der Waals surface area contributed by atoms with Gasteiger partial charge in [-0.05, 0) is 79.6 Å². The standard InChI is InChI=1S/C25H31F8NO2/c1-21-9-7-15(35)11-14(21)3-4-16-17-5-6-19(22(17,2)10-8-18(16)21)20(36)34(13-24(28,29)30)12-23(26,27)25(31,32)33/h11,16-19H,3-10,12-13H2,1-2H3/t16-,17-,18+,19?,21-,22-/m0/s1. The molecular formula is C25H31F8NO2. The van der Waals surface area contributed by atoms with Gasteiger partial charge in [-0.15, -0.1) is 0 Å². The van der Waals surface area contributed by atoms with E-state index in [0.29, 0.717) is 32.1 Å². The molecule has 1 unspecified atom stereocenters. The van der Waals surface area contributed by atoms with Gasteiger partial charge < -0.3 is 4.90 Å². The SMILES string of the molecule is C[C@]12CCC(=O)C=C1CC[C@@H]1[C@H]2CC[C@]2(C)C(C(=O)N(CC(F)(F)F)CC(F)(F)C(F)(F)F)CC[C@@H]12. The number of allylic oxidation sites excluding steroid dienone is 1. The molecule has 0 aromatic heterocycles. The average molecular weight is 530 g/mol. The number of hydrogen-bond acceptors (Lipinski definition) is 2. The van der Waals surface area contributed by atoms with E-state index in [1.165, 1.54) is 0 Å². The number of rotatable bonds is 4. The van der Waals surface area contributed by atoms with E-state index >= 15 is 0 Å². The van der Waals surface area contributed by atoms with Crippen LogP contribution in [0.15, 0.2) is 11.6 Å². The molecule has 4 aliphatic carbocycles. The zero-order valence-corrected chi connectivity index (χ0v) is 20.2. The molecule has 1 amide bonds. The van der Waals surface area contributed by atoms with Crippen molar-refractivity contribution in [3.05, 3.63) is 11.6 Å². The lowest BCUT2D eigenvalue weighted by molar-refractivity contribution is -0.288. The molecule has 0 bridgehead atoms. The fourth-order valence-corrected chi connectivity index (χ4v) is 7.94. The first kappa shape index (κ1) is 27.4. The van der Waals surface area contributed by atoms with E-state index < -0.39 is 48.6 Å². The van der Waals surface area contributed by atoms with E-state index in [2.05, 4.69) is 6.92 Å². The Morgan fingerprint density at radius 3 is 2.19 bits per heavy atom. The molecule has 11 heteroatoms. The van der Waals surface area contributed by atoms with E-state index in [4.69, 9.17) is 0 Å². The number of fused-ring (bicyclic) bond motifs is 5. The third-order valence-electron chi connectivity index (χ3n) is 9.75. The second-order valence-electron chi connectivity index (χ2n) is 11.7. The van der Waals surface area contributed by atoms with Gasteiger partial charge in [0, 0.05) is 12.3 Å². The number of hydrogen-bond donors (Lipinski definition) is 0. The molecule has 3 fully saturated rings. The summed E-state index contributed by atoms with van der Waals surface area (Å²) < 4.78 is 105. The molecular weight excluding hydrogens is 498 g/mol. The van der Waals surface area contributed by atoms with Gasteiger partial charge in [0.25, 0.3) is 0 Å². The highest BCUT2D eigenvalue weighted by atomic mass is 19.4. The highest BCUT2D eigenvalue weighted by molar-refractivity contribution is 5.91. The van der Waals surface area contributed by atoms with Crippen LogP contribution in [0, 0.1) is 34.5 Å². The molecule has 3 saturated carbocycles. The number of ketones is 1. The van der Waals surface area contributed by atoms with Crippen LogP contribution in [0.1, 0.15) is 65.2 Å². The Morgan fingerprint density at radius 1 is 0.917 bits per heavy atom. The molecule has 6 atom stereocenters. The van der Waals surface area contributed by atoms with Gasteiger partial charge in [0.1, 0.15) is 6.54 Å². The van der Waals surface area contributed by atoms with Crippen molar-refractivity contribution in [2.45, 2.75) is 83.5 Å². The molecule has 3 nitrogen and oxygen atoms in total. The van der Waals surface area contributed by atoms with Crippen molar-refractivity contribution in [2.24, 2.45) is 34.5 Å². The van der Waals surface area contributed by atoms with Gasteiger partial charge in [-0.3, -0.25) is 9.59 Å². The lowest BCUT2D eigenvalue weighted by atomic mass is 9.47. The molecule has 36 heavy (non-hydrogen) atoms. The molecule has 0 aliphatic heterocycles. The van der Waals surface area contributed by atoms with Crippen LogP contribution in [0.25, 0.3) is 0 Å². The normalized spacial score (nSPS) is 37.1. The first-order chi connectivity index (χ1) is 16.4. The third-order valence-corrected chi connectivity index (χ3v) is 9.75. The Balaban J connectivity index is 1.59. The summed E-state index contributed by atoms with van der Waals surface area (Å²) >= 11 is 0. The highest BCUT2D eigenvalue weighted by Gasteiger charge is 2.63. The number of nitrogens with zero attached hydrogens (tertiary/aromatic N) is 1. The first-order valence-electron chi connectivity index (χ1n) is 12.4. The number of amides is 1. The molecule has 0 heterocycles. The maximum Gasteiger partial charge on any atom is 0.455 e. The smallest absolute Gasteiger partial charge is 0.327 e. The van der Waals surface area contributed by atoms with Crippen LogP contribution >= 0.6 is 0 Å². The van der Waals surface area contributed by atoms with Crippen molar-refractivity contribution in [3.8, 4) is 0 Å². The second-order valence-corrected chi connectivity index (χ2v) is 11.7. The molecule has 0 aromatic rings. The molecule has 4 aliphatic rings. The minimum Gasteiger partial charge on any atom is -0.327 e. The largest absolute Gasteiger partial charge is 0.455 e. The summed E-state index contributed by atoms with van der Waals surface area (Å²) in [7, 11) is 0. The molecule has 0 N–H and O–H groups in total. The Kier molecular flexibility index (Phi) is 6.60. The highest BCUT2D eigenvalue weighted by Crippen LogP contribution is 2.66. The zero-order valence-electron chi connectivity index (χ0n) is 20.2. The van der Waals surface area contributed by atoms with E-state index in [9.17, 15) is 44.7 Å². The Morgan fingerprint density at radius 2 is 1.58 bits per heavy atom. The summed E-state index contributed by atoms with van der Waals surface area (Å²) in [6.07, 6.45) is -4.99. The third kappa shape index (κ3) is 4.57. The Hall–Kier alpha value is -1.68. The monoisotopic (exact) mass is 529 g/mol. The quantitative estimate of drug-likeness (QED) is 0.379. The van der Waals surface area contributed by atoms with Crippen LogP contribution in [0.3, 0.4) is 0 Å². The summed E-state index contributed by atoms with van der Waals surface area (Å²) in [5.41, 5.74) is 0.176. The predicted octanol–water partition coefficient (Wildman–Crippen LogP) is 6.72. The van der Waals surface area contributed by atoms with Crippen LogP contribution in [0.5, 0.6) is 0 Å². The van der Waals surface area contributed by atoms with Gasteiger partial charge in [0.15, 0.2) is 5.78 Å². The fourth-order valence-electron chi connectivity index (χ4n) is 7.94. The molecule has 0 aromatic carbocycles. The summed E-state index contributed by atoms with van der Waals surface area (Å²) in [4.78, 5) is 24.9. The van der Waals surface area contributed by atoms with Crippen LogP contribution in [-0.2, 0) is 9.59 Å². The van der Waals surface area contributed by atoms with Crippen molar-refractivity contribution in [1.82, 2.24) is 4.90 Å². The number of halogens is 8. The number of carbonyl (C=O) groups excluding carboxylic acids is 2.